The molecular formula is C28H31N6O6S+. The van der Waals surface area contributed by atoms with Gasteiger partial charge in [0.05, 0.1) is 50.6 Å². The lowest BCUT2D eigenvalue weighted by atomic mass is 10.1. The van der Waals surface area contributed by atoms with Crippen molar-refractivity contribution in [2.45, 2.75) is 19.3 Å². The number of para-hydroxylation sites is 1. The number of anilines is 2. The number of benzene rings is 2. The van der Waals surface area contributed by atoms with Crippen molar-refractivity contribution in [1.29, 1.82) is 0 Å². The Bertz CT molecular complexity index is 1440. The maximum Gasteiger partial charge on any atom is 0.305 e. The number of piperidine rings is 1. The van der Waals surface area contributed by atoms with E-state index in [2.05, 4.69) is 20.6 Å². The lowest BCUT2D eigenvalue weighted by Gasteiger charge is -2.17. The second kappa shape index (κ2) is 12.8. The van der Waals surface area contributed by atoms with E-state index < -0.39 is 0 Å². The third kappa shape index (κ3) is 6.30. The normalized spacial score (nSPS) is 16.1. The highest BCUT2D eigenvalue weighted by Crippen LogP contribution is 2.39. The molecule has 12 nitrogen and oxygen atoms in total. The summed E-state index contributed by atoms with van der Waals surface area (Å²) < 4.78 is 21.6. The number of hydrogen-bond acceptors (Lipinski definition) is 10. The van der Waals surface area contributed by atoms with Crippen LogP contribution in [-0.4, -0.2) is 62.4 Å². The fraction of sp³-hybridized carbons (Fsp3) is 0.321. The Morgan fingerprint density at radius 1 is 1.07 bits per heavy atom. The minimum atomic E-state index is -0.328. The first-order valence-electron chi connectivity index (χ1n) is 13.1. The molecule has 3 aromatic rings. The predicted octanol–water partition coefficient (Wildman–Crippen LogP) is 3.23. The summed E-state index contributed by atoms with van der Waals surface area (Å²) in [5.41, 5.74) is 1.47. The summed E-state index contributed by atoms with van der Waals surface area (Å²) in [7, 11) is 4.57. The van der Waals surface area contributed by atoms with Gasteiger partial charge in [-0.25, -0.2) is 4.99 Å². The van der Waals surface area contributed by atoms with E-state index in [-0.39, 0.29) is 29.1 Å². The van der Waals surface area contributed by atoms with Gasteiger partial charge >= 0.3 is 5.88 Å². The van der Waals surface area contributed by atoms with Crippen LogP contribution in [0.4, 0.5) is 11.6 Å². The number of hydrogen-bond donors (Lipinski definition) is 1. The van der Waals surface area contributed by atoms with E-state index in [9.17, 15) is 9.59 Å². The second-order valence-electron chi connectivity index (χ2n) is 9.20. The summed E-state index contributed by atoms with van der Waals surface area (Å²) >= 11 is 1.14. The van der Waals surface area contributed by atoms with Gasteiger partial charge in [0.2, 0.25) is 16.9 Å². The van der Waals surface area contributed by atoms with Crippen molar-refractivity contribution in [1.82, 2.24) is 5.27 Å². The molecule has 0 atom stereocenters. The lowest BCUT2D eigenvalue weighted by Crippen LogP contribution is -2.60. The molecular weight excluding hydrogens is 548 g/mol. The Balaban J connectivity index is 1.35. The summed E-state index contributed by atoms with van der Waals surface area (Å²) in [4.78, 5) is 34.1. The van der Waals surface area contributed by atoms with Crippen LogP contribution in [0.1, 0.15) is 24.8 Å². The van der Waals surface area contributed by atoms with Crippen molar-refractivity contribution in [2.24, 2.45) is 4.99 Å². The summed E-state index contributed by atoms with van der Waals surface area (Å²) in [6, 6.07) is 12.6. The van der Waals surface area contributed by atoms with Crippen molar-refractivity contribution in [3.63, 3.8) is 0 Å². The minimum absolute atomic E-state index is 0.00266. The average molecular weight is 580 g/mol. The topological polar surface area (TPSA) is 123 Å². The van der Waals surface area contributed by atoms with E-state index in [4.69, 9.17) is 18.7 Å². The van der Waals surface area contributed by atoms with Gasteiger partial charge in [0.15, 0.2) is 16.7 Å². The number of thioether (sulfide) groups is 1. The third-order valence-electron chi connectivity index (χ3n) is 6.51. The van der Waals surface area contributed by atoms with Crippen molar-refractivity contribution in [3.8, 4) is 17.2 Å². The molecule has 0 radical (unpaired) electrons. The molecule has 2 amide bonds. The zero-order chi connectivity index (χ0) is 28.8. The van der Waals surface area contributed by atoms with Crippen LogP contribution in [0.2, 0.25) is 0 Å². The number of methoxy groups -OCH3 is 3. The molecule has 214 valence electrons. The third-order valence-corrected chi connectivity index (χ3v) is 7.45. The molecule has 1 fully saturated rings. The first-order valence-corrected chi connectivity index (χ1v) is 14.1. The van der Waals surface area contributed by atoms with Gasteiger partial charge in [-0.1, -0.05) is 30.0 Å². The Hall–Kier alpha value is -4.52. The molecule has 1 aromatic heterocycles. The fourth-order valence-electron chi connectivity index (χ4n) is 4.55. The van der Waals surface area contributed by atoms with E-state index in [0.29, 0.717) is 33.7 Å². The van der Waals surface area contributed by atoms with Gasteiger partial charge in [-0.05, 0) is 55.2 Å². The highest BCUT2D eigenvalue weighted by Gasteiger charge is 2.33. The SMILES string of the molecule is COc1cc(/C=C2/N=C(SCC(=O)Nc3c[n+](N4CCCCC4)no3)N(c3ccccc3)C2=O)cc(OC)c1OC. The van der Waals surface area contributed by atoms with E-state index in [0.717, 1.165) is 37.7 Å². The molecule has 0 saturated carbocycles. The first-order chi connectivity index (χ1) is 20.0. The number of amides is 2. The van der Waals surface area contributed by atoms with Gasteiger partial charge < -0.3 is 14.2 Å². The van der Waals surface area contributed by atoms with Crippen molar-refractivity contribution < 1.29 is 33.1 Å². The van der Waals surface area contributed by atoms with Gasteiger partial charge in [-0.15, -0.1) is 0 Å². The summed E-state index contributed by atoms with van der Waals surface area (Å²) in [5, 5.41) is 9.18. The predicted molar refractivity (Wildman–Crippen MR) is 155 cm³/mol. The van der Waals surface area contributed by atoms with E-state index in [1.165, 1.54) is 32.7 Å². The number of carbonyl (C=O) groups excluding carboxylic acids is 2. The Morgan fingerprint density at radius 3 is 2.44 bits per heavy atom. The van der Waals surface area contributed by atoms with E-state index in [1.807, 2.05) is 30.3 Å². The molecule has 2 aliphatic rings. The molecule has 1 saturated heterocycles. The number of nitrogens with zero attached hydrogens (tertiary/aromatic N) is 5. The van der Waals surface area contributed by atoms with E-state index >= 15 is 0 Å². The maximum absolute atomic E-state index is 13.6. The number of rotatable bonds is 9. The average Bonchev–Trinajstić information content (AvgIpc) is 3.60. The summed E-state index contributed by atoms with van der Waals surface area (Å²) in [6.07, 6.45) is 6.67. The lowest BCUT2D eigenvalue weighted by molar-refractivity contribution is -0.759. The van der Waals surface area contributed by atoms with Crippen molar-refractivity contribution in [3.05, 3.63) is 59.9 Å². The number of aliphatic imine (C=N–C) groups is 1. The number of nitrogens with one attached hydrogen (secondary N) is 1. The van der Waals surface area contributed by atoms with Gasteiger partial charge in [0, 0.05) is 0 Å². The molecule has 2 aromatic carbocycles. The Kier molecular flexibility index (Phi) is 8.73. The van der Waals surface area contributed by atoms with Crippen LogP contribution in [-0.2, 0) is 9.59 Å². The largest absolute Gasteiger partial charge is 0.493 e. The monoisotopic (exact) mass is 579 g/mol. The number of amidine groups is 1. The van der Waals surface area contributed by atoms with Crippen LogP contribution in [0.3, 0.4) is 0 Å². The maximum atomic E-state index is 13.6. The Morgan fingerprint density at radius 2 is 1.78 bits per heavy atom. The highest BCUT2D eigenvalue weighted by molar-refractivity contribution is 8.14. The van der Waals surface area contributed by atoms with Crippen molar-refractivity contribution in [2.75, 3.05) is 55.4 Å². The van der Waals surface area contributed by atoms with Crippen LogP contribution in [0.15, 0.2) is 63.9 Å². The highest BCUT2D eigenvalue weighted by atomic mass is 32.2. The molecule has 0 bridgehead atoms. The van der Waals surface area contributed by atoms with Gasteiger partial charge in [0.1, 0.15) is 5.70 Å². The summed E-state index contributed by atoms with van der Waals surface area (Å²) in [5.74, 6) is 0.944. The van der Waals surface area contributed by atoms with Gasteiger partial charge in [0.25, 0.3) is 12.1 Å². The molecule has 13 heteroatoms. The smallest absolute Gasteiger partial charge is 0.305 e. The Labute approximate surface area is 241 Å². The van der Waals surface area contributed by atoms with Crippen molar-refractivity contribution >= 4 is 46.4 Å². The minimum Gasteiger partial charge on any atom is -0.493 e. The second-order valence-corrected chi connectivity index (χ2v) is 10.1. The van der Waals surface area contributed by atoms with Crippen LogP contribution >= 0.6 is 11.8 Å². The zero-order valence-corrected chi connectivity index (χ0v) is 23.8. The first kappa shape index (κ1) is 28.0. The molecule has 41 heavy (non-hydrogen) atoms. The molecule has 5 rings (SSSR count). The zero-order valence-electron chi connectivity index (χ0n) is 23.0. The summed E-state index contributed by atoms with van der Waals surface area (Å²) in [6.45, 7) is 1.77. The van der Waals surface area contributed by atoms with Gasteiger partial charge in [-0.3, -0.25) is 24.3 Å². The molecule has 1 N–H and O–H groups in total. The van der Waals surface area contributed by atoms with Gasteiger partial charge in [-0.2, -0.15) is 5.01 Å². The molecule has 3 heterocycles. The quantitative estimate of drug-likeness (QED) is 0.301. The number of aromatic nitrogens is 2. The van der Waals surface area contributed by atoms with Crippen LogP contribution in [0, 0.1) is 0 Å². The fourth-order valence-corrected chi connectivity index (χ4v) is 5.37. The number of ether oxygens (including phenoxy) is 3. The molecule has 2 aliphatic heterocycles. The number of carbonyl (C=O) groups is 2. The molecule has 0 aliphatic carbocycles. The molecule has 0 spiro atoms. The van der Waals surface area contributed by atoms with E-state index in [1.54, 1.807) is 29.2 Å². The van der Waals surface area contributed by atoms with Crippen LogP contribution < -0.4 is 34.2 Å². The molecule has 0 unspecified atom stereocenters. The van der Waals surface area contributed by atoms with Crippen LogP contribution in [0.25, 0.3) is 6.08 Å². The standard InChI is InChI=1S/C28H30N6O6S/c1-37-22-15-19(16-23(38-2)26(22)39-3)14-21-27(36)34(20-10-6-4-7-11-20)28(29-21)41-18-24(35)30-25-17-33(31-40-25)32-12-8-5-9-13-32/h4,6-7,10-11,14-17H,5,8-9,12-13,18H2,1-3H3/p+1/b21-14+. The van der Waals surface area contributed by atoms with Crippen LogP contribution in [0.5, 0.6) is 17.2 Å².